The van der Waals surface area contributed by atoms with Crippen molar-refractivity contribution >= 4 is 80.0 Å². The molecule has 9 rings (SSSR count). The summed E-state index contributed by atoms with van der Waals surface area (Å²) >= 11 is 8.42. The monoisotopic (exact) mass is 1370 g/mol. The minimum Gasteiger partial charge on any atom is -0.508 e. The topological polar surface area (TPSA) is 284 Å². The van der Waals surface area contributed by atoms with Crippen LogP contribution in [0.4, 0.5) is 16.2 Å². The van der Waals surface area contributed by atoms with Crippen LogP contribution >= 0.6 is 22.9 Å². The fourth-order valence-corrected chi connectivity index (χ4v) is 12.7. The van der Waals surface area contributed by atoms with Crippen LogP contribution in [-0.4, -0.2) is 227 Å². The third kappa shape index (κ3) is 19.0. The van der Waals surface area contributed by atoms with Gasteiger partial charge in [0, 0.05) is 95.2 Å². The summed E-state index contributed by atoms with van der Waals surface area (Å²) in [6.45, 7) is 15.7. The van der Waals surface area contributed by atoms with Crippen LogP contribution in [0.2, 0.25) is 5.02 Å². The zero-order valence-electron chi connectivity index (χ0n) is 55.3. The van der Waals surface area contributed by atoms with Crippen LogP contribution < -0.4 is 25.0 Å². The number of likely N-dealkylation sites (N-methyl/N-ethyl adjacent to an activating group) is 1. The largest absolute Gasteiger partial charge is 0.508 e. The van der Waals surface area contributed by atoms with Gasteiger partial charge in [-0.05, 0) is 71.1 Å². The number of anilines is 2. The third-order valence-corrected chi connectivity index (χ3v) is 17.9. The SMILES string of the molecule is COc1cc(-c2scnc2C)ccc1[C@H](C)NC(=O)[C@@H]1C[C@@H](O)CN1C(=O)[C@H](c1cc(OCCOCCOCCOCCOCCOCCOCCN(C)C(=O)CCNc2nc(N3CCN(C(C)=O)CC3)c3cc(Cl)c(-c4cc(O)cc5ccccc45)c(F)c3n2)no1)C(C)C. The molecule has 4 aromatic carbocycles. The number of β-amino-alcohol motifs (C(OH)–C–C–N with tert-alkyl or cyclic N) is 1. The summed E-state index contributed by atoms with van der Waals surface area (Å²) in [5, 5.41) is 33.5. The fourth-order valence-electron chi connectivity index (χ4n) is 11.6. The average molecular weight is 1370 g/mol. The summed E-state index contributed by atoms with van der Waals surface area (Å²) < 4.78 is 67.8. The van der Waals surface area contributed by atoms with Crippen LogP contribution in [0.1, 0.15) is 69.5 Å². The van der Waals surface area contributed by atoms with Crippen molar-refractivity contribution in [1.82, 2.24) is 40.1 Å². The number of aliphatic hydroxyl groups is 1. The molecule has 4 amide bonds. The molecule has 96 heavy (non-hydrogen) atoms. The van der Waals surface area contributed by atoms with Gasteiger partial charge in [0.2, 0.25) is 29.6 Å². The zero-order valence-corrected chi connectivity index (χ0v) is 56.9. The Hall–Kier alpha value is -7.86. The number of piperazine rings is 1. The van der Waals surface area contributed by atoms with E-state index in [1.165, 1.54) is 29.2 Å². The van der Waals surface area contributed by atoms with Gasteiger partial charge in [0.15, 0.2) is 11.6 Å². The predicted octanol–water partition coefficient (Wildman–Crippen LogP) is 8.06. The lowest BCUT2D eigenvalue weighted by molar-refractivity contribution is -0.141. The molecule has 518 valence electrons. The van der Waals surface area contributed by atoms with E-state index in [0.29, 0.717) is 139 Å². The summed E-state index contributed by atoms with van der Waals surface area (Å²) in [6, 6.07) is 18.1. The number of carbonyl (C=O) groups is 4. The molecule has 28 heteroatoms. The number of likely N-dealkylation sites (tertiary alicyclic amines) is 1. The molecule has 4 N–H and O–H groups in total. The lowest BCUT2D eigenvalue weighted by Gasteiger charge is -2.35. The number of phenolic OH excluding ortho intramolecular Hbond substituents is 1. The molecule has 0 bridgehead atoms. The Morgan fingerprint density at radius 2 is 1.49 bits per heavy atom. The van der Waals surface area contributed by atoms with Gasteiger partial charge in [0.05, 0.1) is 120 Å². The highest BCUT2D eigenvalue weighted by Gasteiger charge is 2.44. The number of ether oxygens (including phenoxy) is 8. The Balaban J connectivity index is 0.588. The summed E-state index contributed by atoms with van der Waals surface area (Å²) in [4.78, 5) is 74.8. The first-order valence-corrected chi connectivity index (χ1v) is 33.5. The van der Waals surface area contributed by atoms with Gasteiger partial charge in [-0.3, -0.25) is 19.2 Å². The predicted molar refractivity (Wildman–Crippen MR) is 360 cm³/mol. The normalized spacial score (nSPS) is 15.6. The number of aliphatic hydroxyl groups excluding tert-OH is 1. The van der Waals surface area contributed by atoms with Gasteiger partial charge in [-0.1, -0.05) is 61.8 Å². The van der Waals surface area contributed by atoms with Gasteiger partial charge in [0.1, 0.15) is 41.4 Å². The number of hydrogen-bond acceptors (Lipinski definition) is 22. The standard InChI is InChI=1S/C68H86ClFN10O15S/c1-42(2)60(67(86)80-40-49(83)37-55(80)66(85)73-43(3)50-13-12-47(35-56(50)87-7)64-44(4)72-41-96-64)57-39-58(76-95-57)94-33-32-93-31-30-92-29-28-91-27-26-90-25-24-89-23-22-88-21-20-77(6)59(84)14-15-71-68-74-63-53(65(75-68)79-18-16-78(17-19-79)45(5)81)38-54(69)61(62(63)70)52-36-48(82)34-46-10-8-9-11-51(46)52/h8-13,34-36,38-39,41-43,49,55,60,82-83H,14-33,37,40H2,1-7H3,(H,73,85)(H,71,74,75)/t43-,49+,55-,60-/m0/s1. The van der Waals surface area contributed by atoms with Crippen molar-refractivity contribution in [3.8, 4) is 38.9 Å². The Morgan fingerprint density at radius 1 is 0.833 bits per heavy atom. The first kappa shape index (κ1) is 72.4. The number of fused-ring (bicyclic) bond motifs is 2. The zero-order chi connectivity index (χ0) is 68.3. The number of aryl methyl sites for hydroxylation is 1. The highest BCUT2D eigenvalue weighted by molar-refractivity contribution is 7.13. The second-order valence-electron chi connectivity index (χ2n) is 23.7. The van der Waals surface area contributed by atoms with Crippen molar-refractivity contribution < 1.29 is 76.2 Å². The molecule has 2 saturated heterocycles. The van der Waals surface area contributed by atoms with E-state index in [1.807, 2.05) is 75.1 Å². The van der Waals surface area contributed by atoms with E-state index in [1.54, 1.807) is 47.7 Å². The maximum absolute atomic E-state index is 17.0. The van der Waals surface area contributed by atoms with Crippen LogP contribution in [0.25, 0.3) is 43.2 Å². The van der Waals surface area contributed by atoms with E-state index in [0.717, 1.165) is 21.7 Å². The number of amides is 4. The third-order valence-electron chi connectivity index (χ3n) is 16.6. The fraction of sp³-hybridized carbons (Fsp3) is 0.500. The second kappa shape index (κ2) is 35.4. The van der Waals surface area contributed by atoms with E-state index in [4.69, 9.17) is 59.0 Å². The van der Waals surface area contributed by atoms with Crippen molar-refractivity contribution in [3.05, 3.63) is 100 Å². The van der Waals surface area contributed by atoms with E-state index < -0.39 is 29.9 Å². The van der Waals surface area contributed by atoms with Crippen molar-refractivity contribution in [2.45, 2.75) is 71.6 Å². The molecule has 2 aliphatic rings. The van der Waals surface area contributed by atoms with Crippen molar-refractivity contribution in [1.29, 1.82) is 0 Å². The highest BCUT2D eigenvalue weighted by atomic mass is 35.5. The number of halogens is 2. The van der Waals surface area contributed by atoms with E-state index >= 15 is 4.39 Å². The molecule has 0 unspecified atom stereocenters. The Bertz CT molecular complexity index is 3740. The lowest BCUT2D eigenvalue weighted by Crippen LogP contribution is -2.48. The van der Waals surface area contributed by atoms with Gasteiger partial charge < -0.3 is 82.9 Å². The van der Waals surface area contributed by atoms with Gasteiger partial charge in [-0.15, -0.1) is 11.3 Å². The first-order chi connectivity index (χ1) is 46.4. The number of aromatic nitrogens is 4. The molecule has 3 aromatic heterocycles. The number of aromatic hydroxyl groups is 1. The molecular weight excluding hydrogens is 1280 g/mol. The van der Waals surface area contributed by atoms with Crippen molar-refractivity contribution in [3.63, 3.8) is 0 Å². The van der Waals surface area contributed by atoms with E-state index in [9.17, 15) is 29.4 Å². The minimum atomic E-state index is -0.905. The summed E-state index contributed by atoms with van der Waals surface area (Å²) in [6.07, 6.45) is -0.695. The maximum atomic E-state index is 17.0. The molecular formula is C68H86ClFN10O15S. The number of phenols is 1. The van der Waals surface area contributed by atoms with Gasteiger partial charge >= 0.3 is 0 Å². The molecule has 2 aliphatic heterocycles. The van der Waals surface area contributed by atoms with Crippen LogP contribution in [-0.2, 0) is 47.6 Å². The Morgan fingerprint density at radius 3 is 2.12 bits per heavy atom. The van der Waals surface area contributed by atoms with Gasteiger partial charge in [-0.25, -0.2) is 14.4 Å². The van der Waals surface area contributed by atoms with Crippen LogP contribution in [0.3, 0.4) is 0 Å². The average Bonchev–Trinajstić information content (AvgIpc) is 0.997. The first-order valence-electron chi connectivity index (χ1n) is 32.2. The molecule has 0 aliphatic carbocycles. The Kier molecular flexibility index (Phi) is 26.7. The van der Waals surface area contributed by atoms with Crippen LogP contribution in [0.15, 0.2) is 76.8 Å². The second-order valence-corrected chi connectivity index (χ2v) is 24.9. The number of methoxy groups -OCH3 is 1. The molecule has 25 nitrogen and oxygen atoms in total. The number of nitrogens with zero attached hydrogens (tertiary/aromatic N) is 8. The molecule has 2 fully saturated rings. The molecule has 4 atom stereocenters. The van der Waals surface area contributed by atoms with Crippen LogP contribution in [0, 0.1) is 18.7 Å². The molecule has 5 heterocycles. The molecule has 7 aromatic rings. The van der Waals surface area contributed by atoms with Gasteiger partial charge in [-0.2, -0.15) is 4.98 Å². The lowest BCUT2D eigenvalue weighted by atomic mass is 9.91. The molecule has 0 radical (unpaired) electrons. The highest BCUT2D eigenvalue weighted by Crippen LogP contribution is 2.43. The summed E-state index contributed by atoms with van der Waals surface area (Å²) in [7, 11) is 3.27. The smallest absolute Gasteiger partial charge is 0.254 e. The quantitative estimate of drug-likeness (QED) is 0.0270. The molecule has 0 saturated carbocycles. The minimum absolute atomic E-state index is 0.00435. The van der Waals surface area contributed by atoms with Crippen molar-refractivity contribution in [2.24, 2.45) is 5.92 Å². The summed E-state index contributed by atoms with van der Waals surface area (Å²) in [5.41, 5.74) is 4.95. The van der Waals surface area contributed by atoms with E-state index in [-0.39, 0.29) is 108 Å². The summed E-state index contributed by atoms with van der Waals surface area (Å²) in [5.74, 6) is -1.05. The van der Waals surface area contributed by atoms with Crippen molar-refractivity contribution in [2.75, 3.05) is 156 Å². The number of hydrogen-bond donors (Lipinski definition) is 4. The number of thiazole rings is 1. The molecule has 0 spiro atoms. The maximum Gasteiger partial charge on any atom is 0.254 e. The van der Waals surface area contributed by atoms with Gasteiger partial charge in [0.25, 0.3) is 5.88 Å². The van der Waals surface area contributed by atoms with E-state index in [2.05, 4.69) is 25.8 Å². The number of rotatable bonds is 36. The number of benzene rings is 4. The number of carbonyl (C=O) groups excluding carboxylic acids is 4. The van der Waals surface area contributed by atoms with Crippen LogP contribution in [0.5, 0.6) is 17.4 Å². The Labute approximate surface area is 566 Å². The number of nitrogens with one attached hydrogen (secondary N) is 2.